The molecule has 0 aromatic heterocycles. The van der Waals surface area contributed by atoms with E-state index < -0.39 is 0 Å². The summed E-state index contributed by atoms with van der Waals surface area (Å²) in [5, 5.41) is 8.95. The second kappa shape index (κ2) is 8.63. The van der Waals surface area contributed by atoms with Gasteiger partial charge in [-0.15, -0.1) is 0 Å². The molecule has 28 heavy (non-hydrogen) atoms. The summed E-state index contributed by atoms with van der Waals surface area (Å²) in [6, 6.07) is 14.6. The number of ether oxygens (including phenoxy) is 1. The topological polar surface area (TPSA) is 70.4 Å². The van der Waals surface area contributed by atoms with Crippen LogP contribution in [0.15, 0.2) is 51.8 Å². The molecule has 2 amide bonds. The standard InChI is InChI=1S/C21H17BrN2O3S/c1-13(2)24-20(25)19(28-21(24)26)10-16-9-17(22)7-8-18(16)27-12-15-6-4-3-5-14(15)11-23/h3-10,13H,12H2,1-2H3/b19-10+. The summed E-state index contributed by atoms with van der Waals surface area (Å²) in [7, 11) is 0. The van der Waals surface area contributed by atoms with Crippen LogP contribution in [0.4, 0.5) is 4.79 Å². The van der Waals surface area contributed by atoms with Gasteiger partial charge in [-0.2, -0.15) is 5.26 Å². The SMILES string of the molecule is CC(C)N1C(=O)S/C(=C/c2cc(Br)ccc2OCc2ccccc2C#N)C1=O. The van der Waals surface area contributed by atoms with Crippen molar-refractivity contribution in [2.45, 2.75) is 26.5 Å². The zero-order chi connectivity index (χ0) is 20.3. The zero-order valence-corrected chi connectivity index (χ0v) is 17.7. The summed E-state index contributed by atoms with van der Waals surface area (Å²) in [5.41, 5.74) is 2.01. The number of thioether (sulfide) groups is 1. The van der Waals surface area contributed by atoms with Crippen LogP contribution in [-0.4, -0.2) is 22.1 Å². The minimum Gasteiger partial charge on any atom is -0.488 e. The molecule has 5 nitrogen and oxygen atoms in total. The average molecular weight is 457 g/mol. The second-order valence-electron chi connectivity index (χ2n) is 6.39. The predicted molar refractivity (Wildman–Crippen MR) is 113 cm³/mol. The lowest BCUT2D eigenvalue weighted by molar-refractivity contribution is -0.123. The van der Waals surface area contributed by atoms with Gasteiger partial charge in [0.1, 0.15) is 12.4 Å². The van der Waals surface area contributed by atoms with E-state index >= 15 is 0 Å². The number of hydrogen-bond donors (Lipinski definition) is 0. The first-order chi connectivity index (χ1) is 13.4. The Morgan fingerprint density at radius 3 is 2.68 bits per heavy atom. The predicted octanol–water partition coefficient (Wildman–Crippen LogP) is 5.34. The molecule has 0 atom stereocenters. The molecule has 0 bridgehead atoms. The summed E-state index contributed by atoms with van der Waals surface area (Å²) in [5.74, 6) is 0.262. The first-order valence-electron chi connectivity index (χ1n) is 8.58. The van der Waals surface area contributed by atoms with Gasteiger partial charge in [0.2, 0.25) is 0 Å². The third-order valence-electron chi connectivity index (χ3n) is 4.12. The number of nitriles is 1. The van der Waals surface area contributed by atoms with Crippen LogP contribution in [0, 0.1) is 11.3 Å². The van der Waals surface area contributed by atoms with Crippen molar-refractivity contribution < 1.29 is 14.3 Å². The monoisotopic (exact) mass is 456 g/mol. The van der Waals surface area contributed by atoms with Crippen molar-refractivity contribution in [2.24, 2.45) is 0 Å². The number of rotatable bonds is 5. The minimum absolute atomic E-state index is 0.195. The maximum Gasteiger partial charge on any atom is 0.293 e. The van der Waals surface area contributed by atoms with Crippen molar-refractivity contribution >= 4 is 44.9 Å². The third kappa shape index (κ3) is 4.29. The third-order valence-corrected chi connectivity index (χ3v) is 5.50. The molecule has 2 aromatic carbocycles. The van der Waals surface area contributed by atoms with E-state index in [1.807, 2.05) is 24.3 Å². The maximum absolute atomic E-state index is 12.5. The van der Waals surface area contributed by atoms with Crippen molar-refractivity contribution in [1.82, 2.24) is 4.90 Å². The molecular formula is C21H17BrN2O3S. The lowest BCUT2D eigenvalue weighted by Crippen LogP contribution is -2.34. The smallest absolute Gasteiger partial charge is 0.293 e. The molecular weight excluding hydrogens is 440 g/mol. The van der Waals surface area contributed by atoms with E-state index in [9.17, 15) is 14.9 Å². The Labute approximate surface area is 176 Å². The molecule has 7 heteroatoms. The number of nitrogens with zero attached hydrogens (tertiary/aromatic N) is 2. The molecule has 1 heterocycles. The Hall–Kier alpha value is -2.56. The molecule has 142 valence electrons. The van der Waals surface area contributed by atoms with Gasteiger partial charge < -0.3 is 4.74 Å². The molecule has 0 radical (unpaired) electrons. The van der Waals surface area contributed by atoms with Crippen LogP contribution in [0.1, 0.15) is 30.5 Å². The quantitative estimate of drug-likeness (QED) is 0.567. The zero-order valence-electron chi connectivity index (χ0n) is 15.3. The number of carbonyl (C=O) groups is 2. The highest BCUT2D eigenvalue weighted by Crippen LogP contribution is 2.36. The van der Waals surface area contributed by atoms with Crippen molar-refractivity contribution in [3.8, 4) is 11.8 Å². The highest BCUT2D eigenvalue weighted by atomic mass is 79.9. The Kier molecular flexibility index (Phi) is 6.22. The molecule has 1 saturated heterocycles. The first kappa shape index (κ1) is 20.2. The van der Waals surface area contributed by atoms with Gasteiger partial charge in [-0.3, -0.25) is 14.5 Å². The van der Waals surface area contributed by atoms with E-state index in [-0.39, 0.29) is 23.8 Å². The fourth-order valence-electron chi connectivity index (χ4n) is 2.74. The van der Waals surface area contributed by atoms with Crippen molar-refractivity contribution in [3.63, 3.8) is 0 Å². The largest absolute Gasteiger partial charge is 0.488 e. The Balaban J connectivity index is 1.89. The van der Waals surface area contributed by atoms with Gasteiger partial charge >= 0.3 is 0 Å². The lowest BCUT2D eigenvalue weighted by atomic mass is 10.1. The van der Waals surface area contributed by atoms with E-state index in [2.05, 4.69) is 22.0 Å². The summed E-state index contributed by atoms with van der Waals surface area (Å²) in [4.78, 5) is 26.3. The summed E-state index contributed by atoms with van der Waals surface area (Å²) >= 11 is 4.35. The number of amides is 2. The van der Waals surface area contributed by atoms with E-state index in [1.165, 1.54) is 4.90 Å². The fraction of sp³-hybridized carbons (Fsp3) is 0.190. The highest BCUT2D eigenvalue weighted by molar-refractivity contribution is 9.10. The fourth-order valence-corrected chi connectivity index (χ4v) is 4.07. The van der Waals surface area contributed by atoms with Crippen LogP contribution in [0.3, 0.4) is 0 Å². The van der Waals surface area contributed by atoms with Gasteiger partial charge in [0.05, 0.1) is 16.5 Å². The molecule has 2 aromatic rings. The molecule has 0 spiro atoms. The van der Waals surface area contributed by atoms with Gasteiger partial charge in [0.15, 0.2) is 0 Å². The number of halogens is 1. The van der Waals surface area contributed by atoms with Crippen LogP contribution in [-0.2, 0) is 11.4 Å². The van der Waals surface area contributed by atoms with Crippen LogP contribution in [0.2, 0.25) is 0 Å². The Morgan fingerprint density at radius 2 is 2.00 bits per heavy atom. The molecule has 0 N–H and O–H groups in total. The summed E-state index contributed by atoms with van der Waals surface area (Å²) in [6.07, 6.45) is 1.67. The van der Waals surface area contributed by atoms with E-state index in [0.29, 0.717) is 21.8 Å². The van der Waals surface area contributed by atoms with Gasteiger partial charge in [-0.1, -0.05) is 34.1 Å². The van der Waals surface area contributed by atoms with Gasteiger partial charge in [-0.05, 0) is 56.0 Å². The normalized spacial score (nSPS) is 15.4. The van der Waals surface area contributed by atoms with Crippen LogP contribution < -0.4 is 4.74 Å². The number of imide groups is 1. The molecule has 3 rings (SSSR count). The molecule has 0 saturated carbocycles. The van der Waals surface area contributed by atoms with Gasteiger partial charge in [0, 0.05) is 21.6 Å². The average Bonchev–Trinajstić information content (AvgIpc) is 2.94. The van der Waals surface area contributed by atoms with Crippen LogP contribution in [0.5, 0.6) is 5.75 Å². The Morgan fingerprint density at radius 1 is 1.25 bits per heavy atom. The maximum atomic E-state index is 12.5. The minimum atomic E-state index is -0.300. The van der Waals surface area contributed by atoms with Crippen molar-refractivity contribution in [1.29, 1.82) is 5.26 Å². The van der Waals surface area contributed by atoms with Crippen molar-refractivity contribution in [3.05, 3.63) is 68.5 Å². The number of benzene rings is 2. The molecule has 0 aliphatic carbocycles. The van der Waals surface area contributed by atoms with E-state index in [1.54, 1.807) is 38.1 Å². The molecule has 1 aliphatic rings. The number of carbonyl (C=O) groups excluding carboxylic acids is 2. The number of hydrogen-bond acceptors (Lipinski definition) is 5. The van der Waals surface area contributed by atoms with Crippen LogP contribution >= 0.6 is 27.7 Å². The summed E-state index contributed by atoms with van der Waals surface area (Å²) in [6.45, 7) is 3.83. The molecule has 0 unspecified atom stereocenters. The van der Waals surface area contributed by atoms with Crippen LogP contribution in [0.25, 0.3) is 6.08 Å². The van der Waals surface area contributed by atoms with Gasteiger partial charge in [0.25, 0.3) is 11.1 Å². The lowest BCUT2D eigenvalue weighted by Gasteiger charge is -2.16. The second-order valence-corrected chi connectivity index (χ2v) is 8.29. The first-order valence-corrected chi connectivity index (χ1v) is 10.2. The van der Waals surface area contributed by atoms with Crippen molar-refractivity contribution in [2.75, 3.05) is 0 Å². The highest BCUT2D eigenvalue weighted by Gasteiger charge is 2.36. The van der Waals surface area contributed by atoms with Gasteiger partial charge in [-0.25, -0.2) is 0 Å². The van der Waals surface area contributed by atoms with E-state index in [4.69, 9.17) is 4.74 Å². The molecule has 1 fully saturated rings. The molecule has 1 aliphatic heterocycles. The Bertz CT molecular complexity index is 1010. The summed E-state index contributed by atoms with van der Waals surface area (Å²) < 4.78 is 6.76. The van der Waals surface area contributed by atoms with E-state index in [0.717, 1.165) is 21.8 Å².